The summed E-state index contributed by atoms with van der Waals surface area (Å²) in [4.78, 5) is 11.8. The quantitative estimate of drug-likeness (QED) is 0.771. The number of aliphatic hydroxyl groups excluding tert-OH is 1. The van der Waals surface area contributed by atoms with Gasteiger partial charge in [-0.2, -0.15) is 0 Å². The molecule has 0 bridgehead atoms. The molecular formula is C16H26N2O2. The summed E-state index contributed by atoms with van der Waals surface area (Å²) in [5.41, 5.74) is 1.61. The first-order valence-corrected chi connectivity index (χ1v) is 7.05. The zero-order chi connectivity index (χ0) is 15.3. The molecule has 0 radical (unpaired) electrons. The molecule has 0 aromatic heterocycles. The Labute approximate surface area is 121 Å². The van der Waals surface area contributed by atoms with Crippen molar-refractivity contribution in [2.45, 2.75) is 40.7 Å². The van der Waals surface area contributed by atoms with E-state index in [0.29, 0.717) is 18.2 Å². The number of amides is 2. The maximum Gasteiger partial charge on any atom is 0.319 e. The Morgan fingerprint density at radius 2 is 1.75 bits per heavy atom. The van der Waals surface area contributed by atoms with Crippen molar-refractivity contribution in [3.8, 4) is 0 Å². The molecule has 0 aliphatic carbocycles. The van der Waals surface area contributed by atoms with Crippen molar-refractivity contribution in [3.63, 3.8) is 0 Å². The number of anilines is 1. The third kappa shape index (κ3) is 4.85. The molecule has 112 valence electrons. The molecule has 1 unspecified atom stereocenters. The third-order valence-corrected chi connectivity index (χ3v) is 3.92. The maximum absolute atomic E-state index is 11.8. The van der Waals surface area contributed by atoms with Crippen LogP contribution in [0, 0.1) is 11.3 Å². The summed E-state index contributed by atoms with van der Waals surface area (Å²) in [6, 6.07) is 6.98. The van der Waals surface area contributed by atoms with Gasteiger partial charge < -0.3 is 15.7 Å². The predicted octanol–water partition coefficient (Wildman–Crippen LogP) is 3.54. The zero-order valence-electron chi connectivity index (χ0n) is 13.0. The van der Waals surface area contributed by atoms with E-state index in [4.69, 9.17) is 0 Å². The summed E-state index contributed by atoms with van der Waals surface area (Å²) in [7, 11) is 0. The average Bonchev–Trinajstić information content (AvgIpc) is 2.37. The maximum atomic E-state index is 11.8. The van der Waals surface area contributed by atoms with E-state index in [1.165, 1.54) is 0 Å². The highest BCUT2D eigenvalue weighted by Gasteiger charge is 2.22. The summed E-state index contributed by atoms with van der Waals surface area (Å²) in [5, 5.41) is 15.1. The lowest BCUT2D eigenvalue weighted by atomic mass is 9.81. The standard InChI is InChI=1S/C16H26N2O2/c1-11(2)16(4,5)10-17-15(20)18-14-8-6-13(7-9-14)12(3)19/h6-9,11-12,19H,10H2,1-5H3,(H2,17,18,20). The molecule has 0 heterocycles. The van der Waals surface area contributed by atoms with Crippen LogP contribution in [0.25, 0.3) is 0 Å². The smallest absolute Gasteiger partial charge is 0.319 e. The minimum Gasteiger partial charge on any atom is -0.389 e. The molecule has 1 aromatic rings. The second kappa shape index (κ2) is 6.75. The molecule has 20 heavy (non-hydrogen) atoms. The van der Waals surface area contributed by atoms with Gasteiger partial charge in [0.1, 0.15) is 0 Å². The topological polar surface area (TPSA) is 61.4 Å². The van der Waals surface area contributed by atoms with Gasteiger partial charge in [-0.25, -0.2) is 4.79 Å². The van der Waals surface area contributed by atoms with E-state index < -0.39 is 6.10 Å². The zero-order valence-corrected chi connectivity index (χ0v) is 13.0. The predicted molar refractivity (Wildman–Crippen MR) is 82.7 cm³/mol. The molecule has 0 spiro atoms. The number of hydrogen-bond donors (Lipinski definition) is 3. The lowest BCUT2D eigenvalue weighted by molar-refractivity contribution is 0.199. The van der Waals surface area contributed by atoms with Crippen molar-refractivity contribution >= 4 is 11.7 Å². The van der Waals surface area contributed by atoms with Crippen LogP contribution in [-0.2, 0) is 0 Å². The molecule has 2 amide bonds. The molecule has 0 fully saturated rings. The first-order valence-electron chi connectivity index (χ1n) is 7.05. The summed E-state index contributed by atoms with van der Waals surface area (Å²) in [6.45, 7) is 10.9. The number of hydrogen-bond acceptors (Lipinski definition) is 2. The van der Waals surface area contributed by atoms with Gasteiger partial charge in [0.2, 0.25) is 0 Å². The SMILES string of the molecule is CC(O)c1ccc(NC(=O)NCC(C)(C)C(C)C)cc1. The van der Waals surface area contributed by atoms with Crippen LogP contribution in [-0.4, -0.2) is 17.7 Å². The van der Waals surface area contributed by atoms with Crippen molar-refractivity contribution < 1.29 is 9.90 Å². The molecule has 0 aliphatic heterocycles. The van der Waals surface area contributed by atoms with Gasteiger partial charge in [-0.05, 0) is 36.0 Å². The van der Waals surface area contributed by atoms with Crippen LogP contribution in [0.5, 0.6) is 0 Å². The molecule has 3 N–H and O–H groups in total. The number of nitrogens with one attached hydrogen (secondary N) is 2. The van der Waals surface area contributed by atoms with Crippen LogP contribution in [0.2, 0.25) is 0 Å². The Morgan fingerprint density at radius 3 is 2.20 bits per heavy atom. The van der Waals surface area contributed by atoms with E-state index in [1.54, 1.807) is 31.2 Å². The van der Waals surface area contributed by atoms with Gasteiger partial charge in [-0.1, -0.05) is 39.8 Å². The van der Waals surface area contributed by atoms with Gasteiger partial charge >= 0.3 is 6.03 Å². The van der Waals surface area contributed by atoms with Crippen LogP contribution in [0.3, 0.4) is 0 Å². The molecule has 1 atom stereocenters. The third-order valence-electron chi connectivity index (χ3n) is 3.92. The number of benzene rings is 1. The lowest BCUT2D eigenvalue weighted by Crippen LogP contribution is -2.39. The number of carbonyl (C=O) groups excluding carboxylic acids is 1. The summed E-state index contributed by atoms with van der Waals surface area (Å²) >= 11 is 0. The van der Waals surface area contributed by atoms with Crippen molar-refractivity contribution in [3.05, 3.63) is 29.8 Å². The molecule has 0 saturated carbocycles. The fourth-order valence-electron chi connectivity index (χ4n) is 1.53. The number of aliphatic hydroxyl groups is 1. The Kier molecular flexibility index (Phi) is 5.57. The minimum absolute atomic E-state index is 0.0630. The summed E-state index contributed by atoms with van der Waals surface area (Å²) in [5.74, 6) is 0.494. The lowest BCUT2D eigenvalue weighted by Gasteiger charge is -2.29. The van der Waals surface area contributed by atoms with Crippen molar-refractivity contribution in [2.75, 3.05) is 11.9 Å². The van der Waals surface area contributed by atoms with Crippen molar-refractivity contribution in [1.29, 1.82) is 0 Å². The normalized spacial score (nSPS) is 13.2. The first-order chi connectivity index (χ1) is 9.22. The second-order valence-electron chi connectivity index (χ2n) is 6.25. The number of carbonyl (C=O) groups is 1. The molecule has 0 aliphatic rings. The molecule has 1 rings (SSSR count). The number of rotatable bonds is 5. The molecule has 0 saturated heterocycles. The van der Waals surface area contributed by atoms with Crippen LogP contribution < -0.4 is 10.6 Å². The Bertz CT molecular complexity index is 436. The molecule has 4 nitrogen and oxygen atoms in total. The highest BCUT2D eigenvalue weighted by Crippen LogP contribution is 2.24. The Hall–Kier alpha value is -1.55. The fourth-order valence-corrected chi connectivity index (χ4v) is 1.53. The van der Waals surface area contributed by atoms with Gasteiger partial charge in [-0.3, -0.25) is 0 Å². The van der Waals surface area contributed by atoms with E-state index in [-0.39, 0.29) is 11.4 Å². The van der Waals surface area contributed by atoms with Gasteiger partial charge in [0.15, 0.2) is 0 Å². The van der Waals surface area contributed by atoms with Crippen LogP contribution >= 0.6 is 0 Å². The molecular weight excluding hydrogens is 252 g/mol. The van der Waals surface area contributed by atoms with Crippen LogP contribution in [0.4, 0.5) is 10.5 Å². The van der Waals surface area contributed by atoms with E-state index in [9.17, 15) is 9.90 Å². The van der Waals surface area contributed by atoms with Crippen LogP contribution in [0.15, 0.2) is 24.3 Å². The molecule has 1 aromatic carbocycles. The minimum atomic E-state index is -0.496. The Balaban J connectivity index is 2.50. The molecule has 4 heteroatoms. The van der Waals surface area contributed by atoms with E-state index >= 15 is 0 Å². The highest BCUT2D eigenvalue weighted by molar-refractivity contribution is 5.89. The Morgan fingerprint density at radius 1 is 1.20 bits per heavy atom. The van der Waals surface area contributed by atoms with Gasteiger partial charge in [0.25, 0.3) is 0 Å². The largest absolute Gasteiger partial charge is 0.389 e. The van der Waals surface area contributed by atoms with Gasteiger partial charge in [0.05, 0.1) is 6.10 Å². The summed E-state index contributed by atoms with van der Waals surface area (Å²) in [6.07, 6.45) is -0.496. The first kappa shape index (κ1) is 16.5. The van der Waals surface area contributed by atoms with E-state index in [2.05, 4.69) is 38.3 Å². The highest BCUT2D eigenvalue weighted by atomic mass is 16.3. The van der Waals surface area contributed by atoms with Crippen molar-refractivity contribution in [2.24, 2.45) is 11.3 Å². The fraction of sp³-hybridized carbons (Fsp3) is 0.562. The second-order valence-corrected chi connectivity index (χ2v) is 6.25. The van der Waals surface area contributed by atoms with Crippen LogP contribution in [0.1, 0.15) is 46.3 Å². The number of urea groups is 1. The van der Waals surface area contributed by atoms with Gasteiger partial charge in [0, 0.05) is 12.2 Å². The van der Waals surface area contributed by atoms with Crippen molar-refractivity contribution in [1.82, 2.24) is 5.32 Å². The monoisotopic (exact) mass is 278 g/mol. The average molecular weight is 278 g/mol. The summed E-state index contributed by atoms with van der Waals surface area (Å²) < 4.78 is 0. The van der Waals surface area contributed by atoms with Gasteiger partial charge in [-0.15, -0.1) is 0 Å². The van der Waals surface area contributed by atoms with E-state index in [0.717, 1.165) is 5.56 Å². The van der Waals surface area contributed by atoms with E-state index in [1.807, 2.05) is 0 Å².